The molecule has 6 fully saturated rings. The summed E-state index contributed by atoms with van der Waals surface area (Å²) in [5.74, 6) is -2.83. The first-order valence-corrected chi connectivity index (χ1v) is 24.4. The van der Waals surface area contributed by atoms with Crippen LogP contribution in [0.4, 0.5) is 0 Å². The quantitative estimate of drug-likeness (QED) is 0.0730. The minimum absolute atomic E-state index is 0.182. The standard InChI is InChI=1S/C42H31NO6.C12H23NO6/c44-15-24-41(47)5-6-42(49-24,40(46)39(41)45)48-8-7-43-37-18-3-4-19-12-23-14-21-10-17-2-1-16-9-20-13-22(11-18)29-27(20)31-25(16)26(17)32-28(21)30(23)36(38(19)43)34(33(31)32)35(29)37;1-13(2)5-6-18-12-4-3-11(17,8(7-14)19-12)9(15)10(12)16/h1-2,9-12,24,39-40,44-47H,3-8,13-15H2;8-10,14-17H,3-7H2,1-2H3. The first-order valence-electron chi connectivity index (χ1n) is 24.4. The molecule has 6 bridgehead atoms. The number of rotatable bonds is 10. The first-order chi connectivity index (χ1) is 32.8. The molecule has 2 saturated carbocycles. The molecule has 10 atom stereocenters. The van der Waals surface area contributed by atoms with E-state index in [0.717, 1.165) is 25.7 Å². The third kappa shape index (κ3) is 4.70. The number of aliphatic hydroxyl groups excluding tert-OH is 6. The molecule has 0 spiro atoms. The molecule has 9 aliphatic rings. The van der Waals surface area contributed by atoms with Gasteiger partial charge >= 0.3 is 0 Å². The van der Waals surface area contributed by atoms with Crippen LogP contribution in [0, 0.1) is 0 Å². The van der Waals surface area contributed by atoms with Crippen molar-refractivity contribution >= 4 is 86.4 Å². The van der Waals surface area contributed by atoms with E-state index in [1.54, 1.807) is 0 Å². The van der Waals surface area contributed by atoms with Crippen LogP contribution in [0.25, 0.3) is 86.4 Å². The highest BCUT2D eigenvalue weighted by molar-refractivity contribution is 6.55. The molecule has 4 saturated heterocycles. The lowest BCUT2D eigenvalue weighted by Gasteiger charge is -2.58. The lowest BCUT2D eigenvalue weighted by atomic mass is 9.70. The number of aromatic nitrogens is 1. The lowest BCUT2D eigenvalue weighted by molar-refractivity contribution is -0.417. The van der Waals surface area contributed by atoms with Crippen molar-refractivity contribution in [3.05, 3.63) is 69.8 Å². The van der Waals surface area contributed by atoms with Crippen molar-refractivity contribution in [3.8, 4) is 0 Å². The smallest absolute Gasteiger partial charge is 0.197 e. The van der Waals surface area contributed by atoms with Gasteiger partial charge in [-0.25, -0.2) is 0 Å². The van der Waals surface area contributed by atoms with Crippen LogP contribution in [0.3, 0.4) is 0 Å². The van der Waals surface area contributed by atoms with Gasteiger partial charge in [0, 0.05) is 47.5 Å². The fourth-order valence-corrected chi connectivity index (χ4v) is 15.0. The van der Waals surface area contributed by atoms with Crippen LogP contribution >= 0.6 is 0 Å². The van der Waals surface area contributed by atoms with Crippen LogP contribution in [-0.2, 0) is 51.2 Å². The van der Waals surface area contributed by atoms with Crippen LogP contribution in [-0.4, -0.2) is 157 Å². The monoisotopic (exact) mass is 922 g/mol. The van der Waals surface area contributed by atoms with E-state index in [0.29, 0.717) is 19.7 Å². The van der Waals surface area contributed by atoms with Gasteiger partial charge in [0.05, 0.1) is 37.5 Å². The van der Waals surface area contributed by atoms with Gasteiger partial charge in [-0.15, -0.1) is 0 Å². The lowest BCUT2D eigenvalue weighted by Crippen LogP contribution is -2.76. The van der Waals surface area contributed by atoms with Crippen molar-refractivity contribution in [3.63, 3.8) is 0 Å². The maximum atomic E-state index is 11.2. The molecule has 8 aromatic carbocycles. The summed E-state index contributed by atoms with van der Waals surface area (Å²) in [6.07, 6.45) is -2.75. The number of ether oxygens (including phenoxy) is 4. The van der Waals surface area contributed by atoms with E-state index >= 15 is 0 Å². The summed E-state index contributed by atoms with van der Waals surface area (Å²) < 4.78 is 26.3. The molecule has 18 rings (SSSR count). The van der Waals surface area contributed by atoms with Gasteiger partial charge in [0.25, 0.3) is 0 Å². The molecule has 0 radical (unpaired) electrons. The van der Waals surface area contributed by atoms with Crippen LogP contribution < -0.4 is 0 Å². The highest BCUT2D eigenvalue weighted by atomic mass is 16.7. The number of pyridine rings is 1. The topological polar surface area (TPSA) is 207 Å². The second-order valence-electron chi connectivity index (χ2n) is 21.6. The van der Waals surface area contributed by atoms with E-state index in [9.17, 15) is 40.9 Å². The highest BCUT2D eigenvalue weighted by Gasteiger charge is 2.67. The summed E-state index contributed by atoms with van der Waals surface area (Å²) in [5, 5.41) is 103. The van der Waals surface area contributed by atoms with Crippen LogP contribution in [0.15, 0.2) is 36.4 Å². The molecule has 10 unspecified atom stereocenters. The second-order valence-corrected chi connectivity index (χ2v) is 21.6. The highest BCUT2D eigenvalue weighted by Crippen LogP contribution is 2.61. The van der Waals surface area contributed by atoms with Crippen LogP contribution in [0.5, 0.6) is 0 Å². The number of hydrogen-bond donors (Lipinski definition) is 8. The summed E-state index contributed by atoms with van der Waals surface area (Å²) in [5.41, 5.74) is 7.85. The van der Waals surface area contributed by atoms with Gasteiger partial charge in [-0.3, -0.25) is 0 Å². The van der Waals surface area contributed by atoms with Gasteiger partial charge in [0.15, 0.2) is 11.6 Å². The molecular formula is C54H54N2O12. The Hall–Kier alpha value is -4.36. The molecule has 14 heteroatoms. The molecule has 4 aliphatic carbocycles. The Morgan fingerprint density at radius 3 is 1.44 bits per heavy atom. The van der Waals surface area contributed by atoms with Crippen molar-refractivity contribution in [1.82, 2.24) is 9.47 Å². The van der Waals surface area contributed by atoms with E-state index in [2.05, 4.69) is 41.0 Å². The summed E-state index contributed by atoms with van der Waals surface area (Å²) in [6, 6.07) is 14.6. The first kappa shape index (κ1) is 41.4. The predicted molar refractivity (Wildman–Crippen MR) is 254 cm³/mol. The van der Waals surface area contributed by atoms with E-state index < -0.39 is 72.6 Å². The molecule has 1 aromatic heterocycles. The summed E-state index contributed by atoms with van der Waals surface area (Å²) in [7, 11) is 3.79. The van der Waals surface area contributed by atoms with Crippen LogP contribution in [0.2, 0.25) is 0 Å². The van der Waals surface area contributed by atoms with E-state index in [4.69, 9.17) is 18.9 Å². The molecule has 5 aliphatic heterocycles. The minimum Gasteiger partial charge on any atom is -0.394 e. The van der Waals surface area contributed by atoms with E-state index in [1.165, 1.54) is 120 Å². The molecule has 9 aromatic rings. The fourth-order valence-electron chi connectivity index (χ4n) is 15.0. The molecule has 14 nitrogen and oxygen atoms in total. The van der Waals surface area contributed by atoms with Crippen molar-refractivity contribution in [2.24, 2.45) is 0 Å². The number of aliphatic hydroxyl groups is 8. The van der Waals surface area contributed by atoms with Crippen molar-refractivity contribution in [1.29, 1.82) is 0 Å². The second kappa shape index (κ2) is 13.3. The van der Waals surface area contributed by atoms with Gasteiger partial charge in [0.1, 0.15) is 47.8 Å². The largest absolute Gasteiger partial charge is 0.394 e. The zero-order chi connectivity index (χ0) is 46.3. The van der Waals surface area contributed by atoms with Crippen LogP contribution in [0.1, 0.15) is 59.1 Å². The molecule has 6 heterocycles. The molecular weight excluding hydrogens is 869 g/mol. The van der Waals surface area contributed by atoms with Gasteiger partial charge in [-0.05, 0) is 140 Å². The number of hydrogen-bond acceptors (Lipinski definition) is 13. The molecule has 0 amide bonds. The van der Waals surface area contributed by atoms with Gasteiger partial charge in [0.2, 0.25) is 0 Å². The Kier molecular flexibility index (Phi) is 8.12. The Morgan fingerprint density at radius 2 is 0.971 bits per heavy atom. The van der Waals surface area contributed by atoms with Gasteiger partial charge < -0.3 is 69.3 Å². The number of nitrogens with zero attached hydrogens (tertiary/aromatic N) is 2. The normalized spacial score (nSPS) is 33.4. The van der Waals surface area contributed by atoms with E-state index in [-0.39, 0.29) is 32.3 Å². The van der Waals surface area contributed by atoms with Gasteiger partial charge in [-0.2, -0.15) is 0 Å². The average molecular weight is 923 g/mol. The predicted octanol–water partition coefficient (Wildman–Crippen LogP) is 3.62. The summed E-state index contributed by atoms with van der Waals surface area (Å²) in [6.45, 7) is 0.858. The van der Waals surface area contributed by atoms with Gasteiger partial charge in [-0.1, -0.05) is 36.4 Å². The van der Waals surface area contributed by atoms with Crippen molar-refractivity contribution in [2.75, 3.05) is 47.1 Å². The number of benzene rings is 7. The van der Waals surface area contributed by atoms with Crippen molar-refractivity contribution in [2.45, 2.75) is 117 Å². The summed E-state index contributed by atoms with van der Waals surface area (Å²) in [4.78, 5) is 1.92. The number of likely N-dealkylation sites (N-methyl/N-ethyl adjacent to an activating group) is 1. The number of fused-ring (bicyclic) bond motifs is 6. The third-order valence-corrected chi connectivity index (χ3v) is 18.2. The third-order valence-electron chi connectivity index (χ3n) is 18.2. The molecule has 8 N–H and O–H groups in total. The van der Waals surface area contributed by atoms with Crippen molar-refractivity contribution < 1.29 is 59.8 Å². The maximum absolute atomic E-state index is 11.2. The Labute approximate surface area is 388 Å². The Bertz CT molecular complexity index is 3430. The number of aryl methyl sites for hydroxylation is 2. The fraction of sp³-hybridized carbons (Fsp3) is 0.481. The average Bonchev–Trinajstić information content (AvgIpc) is 3.98. The minimum atomic E-state index is -1.69. The maximum Gasteiger partial charge on any atom is 0.197 e. The Morgan fingerprint density at radius 1 is 0.544 bits per heavy atom. The SMILES string of the molecule is CN(C)CCOC12CCC(O)(C(CO)O1)C(O)C2O.OCC1OC2(OCCn3c4c5cc6c7c8c(cc9ccc%10cc%11c%12c%13c(cc(c3c%13c(c3c8c9c%10c%123)c74)CC5)C%11)C6)CCC1(O)C(O)C2O. The zero-order valence-corrected chi connectivity index (χ0v) is 37.9. The zero-order valence-electron chi connectivity index (χ0n) is 37.9. The molecule has 352 valence electrons. The van der Waals surface area contributed by atoms with E-state index in [1.807, 2.05) is 19.0 Å². The Balaban J connectivity index is 0.000000188. The summed E-state index contributed by atoms with van der Waals surface area (Å²) >= 11 is 0. The molecule has 68 heavy (non-hydrogen) atoms.